The summed E-state index contributed by atoms with van der Waals surface area (Å²) in [5, 5.41) is 8.22. The number of aliphatic carboxylic acids is 1. The topological polar surface area (TPSA) is 77.9 Å². The molecule has 1 N–H and O–H groups in total. The molecular weight excluding hydrogens is 183 g/mol. The Morgan fingerprint density at radius 1 is 1.62 bits per heavy atom. The van der Waals surface area contributed by atoms with E-state index in [9.17, 15) is 18.8 Å². The second-order valence-electron chi connectivity index (χ2n) is 2.58. The van der Waals surface area contributed by atoms with Crippen molar-refractivity contribution in [3.05, 3.63) is 0 Å². The molecule has 1 unspecified atom stereocenters. The van der Waals surface area contributed by atoms with Crippen molar-refractivity contribution in [3.63, 3.8) is 0 Å². The van der Waals surface area contributed by atoms with Gasteiger partial charge in [-0.3, -0.25) is 4.79 Å². The number of amides is 3. The summed E-state index contributed by atoms with van der Waals surface area (Å²) in [5.41, 5.74) is 0. The van der Waals surface area contributed by atoms with E-state index in [1.54, 1.807) is 0 Å². The maximum Gasteiger partial charge on any atom is 0.360 e. The number of alkyl halides is 1. The van der Waals surface area contributed by atoms with Gasteiger partial charge in [-0.15, -0.1) is 0 Å². The van der Waals surface area contributed by atoms with Crippen LogP contribution in [0.2, 0.25) is 0 Å². The van der Waals surface area contributed by atoms with Gasteiger partial charge < -0.3 is 10.0 Å². The summed E-state index contributed by atoms with van der Waals surface area (Å²) in [5.74, 6) is -2.69. The van der Waals surface area contributed by atoms with Crippen molar-refractivity contribution in [1.82, 2.24) is 9.80 Å². The maximum absolute atomic E-state index is 12.8. The summed E-state index contributed by atoms with van der Waals surface area (Å²) in [6.45, 7) is -0.285. The number of hydrogen-bond donors (Lipinski definition) is 1. The normalized spacial score (nSPS) is 19.5. The van der Waals surface area contributed by atoms with Gasteiger partial charge in [0.05, 0.1) is 0 Å². The molecule has 1 aliphatic rings. The number of urea groups is 1. The summed E-state index contributed by atoms with van der Waals surface area (Å²) >= 11 is 0. The van der Waals surface area contributed by atoms with Crippen molar-refractivity contribution in [2.75, 3.05) is 13.6 Å². The van der Waals surface area contributed by atoms with E-state index in [-0.39, 0.29) is 11.4 Å². The first-order chi connectivity index (χ1) is 5.95. The predicted molar refractivity (Wildman–Crippen MR) is 37.4 cm³/mol. The number of hydrogen-bond acceptors (Lipinski definition) is 3. The third-order valence-electron chi connectivity index (χ3n) is 1.60. The largest absolute Gasteiger partial charge is 0.478 e. The van der Waals surface area contributed by atoms with E-state index in [4.69, 9.17) is 5.11 Å². The van der Waals surface area contributed by atoms with Crippen LogP contribution in [-0.2, 0) is 9.59 Å². The van der Waals surface area contributed by atoms with Crippen molar-refractivity contribution in [3.8, 4) is 0 Å². The van der Waals surface area contributed by atoms with E-state index in [2.05, 4.69) is 0 Å². The molecule has 72 valence electrons. The molecule has 0 saturated carbocycles. The highest BCUT2D eigenvalue weighted by atomic mass is 19.1. The Balaban J connectivity index is 2.86. The van der Waals surface area contributed by atoms with E-state index in [0.717, 1.165) is 4.90 Å². The quantitative estimate of drug-likeness (QED) is 0.459. The third kappa shape index (κ3) is 1.44. The van der Waals surface area contributed by atoms with E-state index in [1.807, 2.05) is 0 Å². The average molecular weight is 190 g/mol. The number of likely N-dealkylation sites (N-methyl/N-ethyl adjacent to an activating group) is 1. The van der Waals surface area contributed by atoms with E-state index in [1.165, 1.54) is 7.05 Å². The van der Waals surface area contributed by atoms with Gasteiger partial charge in [-0.1, -0.05) is 0 Å². The molecule has 1 fully saturated rings. The highest BCUT2D eigenvalue weighted by Gasteiger charge is 2.42. The molecule has 0 aromatic rings. The Morgan fingerprint density at radius 3 is 2.46 bits per heavy atom. The van der Waals surface area contributed by atoms with Crippen LogP contribution in [0.3, 0.4) is 0 Å². The molecule has 0 spiro atoms. The molecule has 0 aromatic carbocycles. The van der Waals surface area contributed by atoms with Gasteiger partial charge in [0, 0.05) is 7.05 Å². The summed E-state index contributed by atoms with van der Waals surface area (Å²) in [4.78, 5) is 33.1. The molecule has 13 heavy (non-hydrogen) atoms. The smallest absolute Gasteiger partial charge is 0.360 e. The Hall–Kier alpha value is -1.66. The molecule has 0 radical (unpaired) electrons. The lowest BCUT2D eigenvalue weighted by atomic mass is 10.5. The number of carboxylic acid groups (broad SMARTS) is 1. The van der Waals surface area contributed by atoms with Gasteiger partial charge in [-0.05, 0) is 0 Å². The fraction of sp³-hybridized carbons (Fsp3) is 0.500. The Bertz CT molecular complexity index is 280. The van der Waals surface area contributed by atoms with Gasteiger partial charge in [0.1, 0.15) is 6.54 Å². The Kier molecular flexibility index (Phi) is 2.18. The summed E-state index contributed by atoms with van der Waals surface area (Å²) in [7, 11) is 1.29. The molecule has 7 heteroatoms. The van der Waals surface area contributed by atoms with Crippen LogP contribution in [0, 0.1) is 0 Å². The summed E-state index contributed by atoms with van der Waals surface area (Å²) in [6, 6.07) is -0.931. The molecule has 1 heterocycles. The Morgan fingerprint density at radius 2 is 2.15 bits per heavy atom. The van der Waals surface area contributed by atoms with Gasteiger partial charge in [-0.25, -0.2) is 18.9 Å². The van der Waals surface area contributed by atoms with Crippen molar-refractivity contribution in [1.29, 1.82) is 0 Å². The van der Waals surface area contributed by atoms with Gasteiger partial charge in [0.2, 0.25) is 0 Å². The van der Waals surface area contributed by atoms with Crippen LogP contribution in [-0.4, -0.2) is 52.7 Å². The van der Waals surface area contributed by atoms with E-state index in [0.29, 0.717) is 0 Å². The second-order valence-corrected chi connectivity index (χ2v) is 2.58. The molecule has 1 atom stereocenters. The lowest BCUT2D eigenvalue weighted by Crippen LogP contribution is -2.42. The molecular formula is C6H7FN2O4. The lowest BCUT2D eigenvalue weighted by Gasteiger charge is -2.14. The van der Waals surface area contributed by atoms with E-state index >= 15 is 0 Å². The van der Waals surface area contributed by atoms with Crippen molar-refractivity contribution in [2.24, 2.45) is 0 Å². The summed E-state index contributed by atoms with van der Waals surface area (Å²) < 4.78 is 12.8. The zero-order valence-electron chi connectivity index (χ0n) is 6.73. The molecule has 1 rings (SSSR count). The standard InChI is InChI=1S/C6H7FN2O4/c1-8-2-3(10)9(6(8)13)4(7)5(11)12/h4H,2H2,1H3,(H,11,12). The lowest BCUT2D eigenvalue weighted by molar-refractivity contribution is -0.152. The zero-order valence-corrected chi connectivity index (χ0v) is 6.73. The van der Waals surface area contributed by atoms with Gasteiger partial charge in [0.25, 0.3) is 12.2 Å². The third-order valence-corrected chi connectivity index (χ3v) is 1.60. The molecule has 0 bridgehead atoms. The first kappa shape index (κ1) is 9.43. The summed E-state index contributed by atoms with van der Waals surface area (Å²) in [6.07, 6.45) is -2.59. The molecule has 3 amide bonds. The van der Waals surface area contributed by atoms with Crippen LogP contribution in [0.15, 0.2) is 0 Å². The first-order valence-corrected chi connectivity index (χ1v) is 3.39. The maximum atomic E-state index is 12.8. The highest BCUT2D eigenvalue weighted by Crippen LogP contribution is 2.13. The monoisotopic (exact) mass is 190 g/mol. The Labute approximate surface area is 72.5 Å². The van der Waals surface area contributed by atoms with Gasteiger partial charge in [-0.2, -0.15) is 0 Å². The first-order valence-electron chi connectivity index (χ1n) is 3.39. The van der Waals surface area contributed by atoms with Crippen LogP contribution >= 0.6 is 0 Å². The zero-order chi connectivity index (χ0) is 10.2. The van der Waals surface area contributed by atoms with Crippen LogP contribution < -0.4 is 0 Å². The number of halogens is 1. The number of nitrogens with zero attached hydrogens (tertiary/aromatic N) is 2. The number of rotatable bonds is 2. The number of carbonyl (C=O) groups is 3. The minimum atomic E-state index is -2.59. The van der Waals surface area contributed by atoms with Crippen LogP contribution in [0.5, 0.6) is 0 Å². The second kappa shape index (κ2) is 3.00. The molecule has 1 aliphatic heterocycles. The molecule has 6 nitrogen and oxygen atoms in total. The minimum absolute atomic E-state index is 0.0856. The average Bonchev–Trinajstić information content (AvgIpc) is 2.26. The highest BCUT2D eigenvalue weighted by molar-refractivity contribution is 6.04. The van der Waals surface area contributed by atoms with Crippen LogP contribution in [0.1, 0.15) is 0 Å². The number of carbonyl (C=O) groups excluding carboxylic acids is 2. The SMILES string of the molecule is CN1CC(=O)N(C(F)C(=O)O)C1=O. The molecule has 0 aromatic heterocycles. The fourth-order valence-corrected chi connectivity index (χ4v) is 0.971. The number of carboxylic acids is 1. The van der Waals surface area contributed by atoms with Crippen molar-refractivity contribution >= 4 is 17.9 Å². The van der Waals surface area contributed by atoms with Gasteiger partial charge in [0.15, 0.2) is 0 Å². The van der Waals surface area contributed by atoms with Crippen LogP contribution in [0.25, 0.3) is 0 Å². The van der Waals surface area contributed by atoms with E-state index < -0.39 is 24.2 Å². The van der Waals surface area contributed by atoms with Crippen molar-refractivity contribution < 1.29 is 23.9 Å². The predicted octanol–water partition coefficient (Wildman–Crippen LogP) is -0.739. The number of imide groups is 1. The van der Waals surface area contributed by atoms with Crippen LogP contribution in [0.4, 0.5) is 9.18 Å². The molecule has 0 aliphatic carbocycles. The molecule has 1 saturated heterocycles. The van der Waals surface area contributed by atoms with Crippen molar-refractivity contribution in [2.45, 2.75) is 6.30 Å². The van der Waals surface area contributed by atoms with Gasteiger partial charge >= 0.3 is 12.0 Å². The minimum Gasteiger partial charge on any atom is -0.478 e. The fourth-order valence-electron chi connectivity index (χ4n) is 0.971.